The minimum absolute atomic E-state index is 0.00265. The van der Waals surface area contributed by atoms with Crippen LogP contribution in [-0.2, 0) is 19.1 Å². The van der Waals surface area contributed by atoms with Gasteiger partial charge in [-0.3, -0.25) is 9.59 Å². The molecule has 1 saturated heterocycles. The van der Waals surface area contributed by atoms with Crippen LogP contribution in [0.25, 0.3) is 0 Å². The van der Waals surface area contributed by atoms with E-state index in [4.69, 9.17) is 4.74 Å². The molecule has 0 bridgehead atoms. The Morgan fingerprint density at radius 1 is 1.22 bits per heavy atom. The number of nitrogens with one attached hydrogen (secondary N) is 1. The Morgan fingerprint density at radius 3 is 2.52 bits per heavy atom. The van der Waals surface area contributed by atoms with Gasteiger partial charge in [-0.15, -0.1) is 0 Å². The van der Waals surface area contributed by atoms with Crippen molar-refractivity contribution in [2.75, 3.05) is 13.2 Å². The lowest BCUT2D eigenvalue weighted by Crippen LogP contribution is -2.43. The summed E-state index contributed by atoms with van der Waals surface area (Å²) < 4.78 is 5.10. The minimum Gasteiger partial charge on any atom is -0.454 e. The SMILES string of the molecule is CCC(C)CC(=O)N1CCC[C@@H]1C(=O)OCC(=O)N[C@@H](C)CC. The molecule has 3 atom stereocenters. The summed E-state index contributed by atoms with van der Waals surface area (Å²) in [6.07, 6.45) is 3.61. The zero-order chi connectivity index (χ0) is 17.4. The molecule has 1 heterocycles. The largest absolute Gasteiger partial charge is 0.454 e. The van der Waals surface area contributed by atoms with Crippen LogP contribution >= 0.6 is 0 Å². The Balaban J connectivity index is 2.48. The number of esters is 1. The van der Waals surface area contributed by atoms with Crippen molar-refractivity contribution in [2.24, 2.45) is 5.92 Å². The molecule has 6 heteroatoms. The Kier molecular flexibility index (Phi) is 8.06. The van der Waals surface area contributed by atoms with E-state index < -0.39 is 12.0 Å². The zero-order valence-corrected chi connectivity index (χ0v) is 14.8. The predicted molar refractivity (Wildman–Crippen MR) is 87.7 cm³/mol. The number of amides is 2. The normalized spacial score (nSPS) is 20.0. The molecular weight excluding hydrogens is 296 g/mol. The predicted octanol–water partition coefficient (Wildman–Crippen LogP) is 1.87. The van der Waals surface area contributed by atoms with Crippen molar-refractivity contribution in [3.05, 3.63) is 0 Å². The summed E-state index contributed by atoms with van der Waals surface area (Å²) in [6, 6.07) is -0.482. The van der Waals surface area contributed by atoms with E-state index >= 15 is 0 Å². The molecule has 0 aromatic rings. The van der Waals surface area contributed by atoms with E-state index in [2.05, 4.69) is 5.32 Å². The maximum Gasteiger partial charge on any atom is 0.329 e. The quantitative estimate of drug-likeness (QED) is 0.691. The van der Waals surface area contributed by atoms with Crippen LogP contribution in [0.1, 0.15) is 59.8 Å². The van der Waals surface area contributed by atoms with E-state index in [1.54, 1.807) is 4.90 Å². The Labute approximate surface area is 138 Å². The third kappa shape index (κ3) is 6.20. The maximum atomic E-state index is 12.3. The molecule has 0 aromatic heterocycles. The van der Waals surface area contributed by atoms with Crippen LogP contribution in [0.15, 0.2) is 0 Å². The van der Waals surface area contributed by atoms with Crippen molar-refractivity contribution < 1.29 is 19.1 Å². The van der Waals surface area contributed by atoms with Gasteiger partial charge in [-0.05, 0) is 32.1 Å². The third-order valence-corrected chi connectivity index (χ3v) is 4.43. The topological polar surface area (TPSA) is 75.7 Å². The van der Waals surface area contributed by atoms with E-state index in [9.17, 15) is 14.4 Å². The van der Waals surface area contributed by atoms with Crippen LogP contribution in [0.3, 0.4) is 0 Å². The summed E-state index contributed by atoms with van der Waals surface area (Å²) in [5.41, 5.74) is 0. The average molecular weight is 326 g/mol. The van der Waals surface area contributed by atoms with Gasteiger partial charge in [0.25, 0.3) is 5.91 Å². The number of likely N-dealkylation sites (tertiary alicyclic amines) is 1. The molecule has 0 radical (unpaired) electrons. The molecule has 0 saturated carbocycles. The van der Waals surface area contributed by atoms with Gasteiger partial charge in [0.2, 0.25) is 5.91 Å². The lowest BCUT2D eigenvalue weighted by Gasteiger charge is -2.24. The summed E-state index contributed by atoms with van der Waals surface area (Å²) in [5, 5.41) is 2.75. The van der Waals surface area contributed by atoms with Crippen LogP contribution in [-0.4, -0.2) is 47.9 Å². The second-order valence-electron chi connectivity index (χ2n) is 6.45. The van der Waals surface area contributed by atoms with Crippen LogP contribution in [0.2, 0.25) is 0 Å². The van der Waals surface area contributed by atoms with Crippen molar-refractivity contribution in [2.45, 2.75) is 71.9 Å². The number of ether oxygens (including phenoxy) is 1. The van der Waals surface area contributed by atoms with Gasteiger partial charge >= 0.3 is 5.97 Å². The lowest BCUT2D eigenvalue weighted by atomic mass is 10.0. The highest BCUT2D eigenvalue weighted by Gasteiger charge is 2.35. The summed E-state index contributed by atoms with van der Waals surface area (Å²) in [4.78, 5) is 37.7. The molecule has 1 unspecified atom stereocenters. The summed E-state index contributed by atoms with van der Waals surface area (Å²) in [7, 11) is 0. The number of nitrogens with zero attached hydrogens (tertiary/aromatic N) is 1. The van der Waals surface area contributed by atoms with Gasteiger partial charge in [0.15, 0.2) is 6.61 Å². The van der Waals surface area contributed by atoms with Crippen molar-refractivity contribution >= 4 is 17.8 Å². The first-order valence-corrected chi connectivity index (χ1v) is 8.64. The van der Waals surface area contributed by atoms with E-state index in [0.29, 0.717) is 25.3 Å². The molecule has 23 heavy (non-hydrogen) atoms. The van der Waals surface area contributed by atoms with Crippen molar-refractivity contribution in [3.8, 4) is 0 Å². The zero-order valence-electron chi connectivity index (χ0n) is 14.8. The second kappa shape index (κ2) is 9.53. The molecule has 1 fully saturated rings. The van der Waals surface area contributed by atoms with Crippen molar-refractivity contribution in [3.63, 3.8) is 0 Å². The standard InChI is InChI=1S/C17H30N2O4/c1-5-12(3)10-16(21)19-9-7-8-14(19)17(22)23-11-15(20)18-13(4)6-2/h12-14H,5-11H2,1-4H3,(H,18,20)/t12?,13-,14+/m0/s1. The van der Waals surface area contributed by atoms with Gasteiger partial charge in [-0.2, -0.15) is 0 Å². The Hall–Kier alpha value is -1.59. The van der Waals surface area contributed by atoms with E-state index in [1.165, 1.54) is 0 Å². The third-order valence-electron chi connectivity index (χ3n) is 4.43. The number of carbonyl (C=O) groups excluding carboxylic acids is 3. The summed E-state index contributed by atoms with van der Waals surface area (Å²) >= 11 is 0. The molecule has 0 spiro atoms. The first-order chi connectivity index (χ1) is 10.9. The Bertz CT molecular complexity index is 425. The fourth-order valence-electron chi connectivity index (χ4n) is 2.52. The number of rotatable bonds is 8. The molecule has 0 aliphatic carbocycles. The highest BCUT2D eigenvalue weighted by molar-refractivity contribution is 5.87. The van der Waals surface area contributed by atoms with Crippen molar-refractivity contribution in [1.29, 1.82) is 0 Å². The van der Waals surface area contributed by atoms with Crippen molar-refractivity contribution in [1.82, 2.24) is 10.2 Å². The highest BCUT2D eigenvalue weighted by atomic mass is 16.5. The molecule has 2 amide bonds. The molecule has 1 N–H and O–H groups in total. The first-order valence-electron chi connectivity index (χ1n) is 8.64. The minimum atomic E-state index is -0.539. The number of hydrogen-bond acceptors (Lipinski definition) is 4. The maximum absolute atomic E-state index is 12.3. The summed E-state index contributed by atoms with van der Waals surface area (Å²) in [5.74, 6) is -0.466. The van der Waals surface area contributed by atoms with Gasteiger partial charge in [0.05, 0.1) is 0 Å². The van der Waals surface area contributed by atoms with E-state index in [1.807, 2.05) is 27.7 Å². The van der Waals surface area contributed by atoms with Gasteiger partial charge in [0, 0.05) is 19.0 Å². The number of hydrogen-bond donors (Lipinski definition) is 1. The molecular formula is C17H30N2O4. The van der Waals surface area contributed by atoms with Crippen LogP contribution in [0.5, 0.6) is 0 Å². The van der Waals surface area contributed by atoms with Gasteiger partial charge < -0.3 is 15.0 Å². The first kappa shape index (κ1) is 19.5. The van der Waals surface area contributed by atoms with E-state index in [-0.39, 0.29) is 24.5 Å². The fourth-order valence-corrected chi connectivity index (χ4v) is 2.52. The second-order valence-corrected chi connectivity index (χ2v) is 6.45. The van der Waals surface area contributed by atoms with Crippen LogP contribution in [0.4, 0.5) is 0 Å². The molecule has 1 aliphatic rings. The fraction of sp³-hybridized carbons (Fsp3) is 0.824. The van der Waals surface area contributed by atoms with Gasteiger partial charge in [-0.1, -0.05) is 27.2 Å². The van der Waals surface area contributed by atoms with Gasteiger partial charge in [-0.25, -0.2) is 4.79 Å². The number of carbonyl (C=O) groups is 3. The highest BCUT2D eigenvalue weighted by Crippen LogP contribution is 2.21. The van der Waals surface area contributed by atoms with E-state index in [0.717, 1.165) is 19.3 Å². The molecule has 1 aliphatic heterocycles. The van der Waals surface area contributed by atoms with Gasteiger partial charge in [0.1, 0.15) is 6.04 Å². The summed E-state index contributed by atoms with van der Waals surface area (Å²) in [6.45, 7) is 8.24. The average Bonchev–Trinajstić information content (AvgIpc) is 3.01. The monoisotopic (exact) mass is 326 g/mol. The molecule has 132 valence electrons. The molecule has 6 nitrogen and oxygen atoms in total. The molecule has 0 aromatic carbocycles. The van der Waals surface area contributed by atoms with Crippen LogP contribution in [0, 0.1) is 5.92 Å². The van der Waals surface area contributed by atoms with Crippen LogP contribution < -0.4 is 5.32 Å². The lowest BCUT2D eigenvalue weighted by molar-refractivity contribution is -0.156. The smallest absolute Gasteiger partial charge is 0.329 e. The molecule has 1 rings (SSSR count). The Morgan fingerprint density at radius 2 is 1.91 bits per heavy atom.